The number of furan rings is 1. The Kier molecular flexibility index (Phi) is 6.51. The predicted molar refractivity (Wildman–Crippen MR) is 144 cm³/mol. The van der Waals surface area contributed by atoms with Gasteiger partial charge in [-0.25, -0.2) is 9.59 Å². The second kappa shape index (κ2) is 10.2. The van der Waals surface area contributed by atoms with E-state index in [1.165, 1.54) is 0 Å². The molecule has 0 fully saturated rings. The molecule has 1 heterocycles. The summed E-state index contributed by atoms with van der Waals surface area (Å²) >= 11 is 0. The van der Waals surface area contributed by atoms with E-state index in [-0.39, 0.29) is 0 Å². The minimum Gasteiger partial charge on any atom is -0.456 e. The van der Waals surface area contributed by atoms with E-state index in [1.807, 2.05) is 54.6 Å². The highest BCUT2D eigenvalue weighted by Gasteiger charge is 2.13. The number of hydrogen-bond donors (Lipinski definition) is 0. The van der Waals surface area contributed by atoms with Gasteiger partial charge in [-0.1, -0.05) is 61.7 Å². The molecule has 0 atom stereocenters. The van der Waals surface area contributed by atoms with Gasteiger partial charge in [-0.2, -0.15) is 0 Å². The molecule has 180 valence electrons. The molecule has 0 spiro atoms. The molecular weight excluding hydrogens is 464 g/mol. The van der Waals surface area contributed by atoms with Crippen molar-refractivity contribution in [2.45, 2.75) is 0 Å². The Bertz CT molecular complexity index is 1620. The Morgan fingerprint density at radius 2 is 1.05 bits per heavy atom. The Labute approximate surface area is 213 Å². The minimum atomic E-state index is -0.504. The molecule has 37 heavy (non-hydrogen) atoms. The zero-order valence-electron chi connectivity index (χ0n) is 19.8. The smallest absolute Gasteiger partial charge is 0.335 e. The van der Waals surface area contributed by atoms with E-state index in [1.54, 1.807) is 24.3 Å². The number of esters is 2. The third-order valence-corrected chi connectivity index (χ3v) is 5.87. The number of carbonyl (C=O) groups excluding carboxylic acids is 2. The third-order valence-electron chi connectivity index (χ3n) is 5.87. The number of hydrogen-bond acceptors (Lipinski definition) is 5. The van der Waals surface area contributed by atoms with Gasteiger partial charge in [-0.05, 0) is 70.4 Å². The molecular formula is C32H22O5. The summed E-state index contributed by atoms with van der Waals surface area (Å²) in [4.78, 5) is 22.9. The lowest BCUT2D eigenvalue weighted by Gasteiger charge is -2.10. The first-order valence-electron chi connectivity index (χ1n) is 11.6. The quantitative estimate of drug-likeness (QED) is 0.134. The lowest BCUT2D eigenvalue weighted by atomic mass is 9.95. The first kappa shape index (κ1) is 23.6. The summed E-state index contributed by atoms with van der Waals surface area (Å²) in [6, 6.07) is 30.6. The van der Waals surface area contributed by atoms with Crippen LogP contribution in [0.15, 0.2) is 127 Å². The molecule has 0 aliphatic heterocycles. The predicted octanol–water partition coefficient (Wildman–Crippen LogP) is 7.62. The van der Waals surface area contributed by atoms with Crippen molar-refractivity contribution in [2.75, 3.05) is 0 Å². The highest BCUT2D eigenvalue weighted by atomic mass is 16.5. The summed E-state index contributed by atoms with van der Waals surface area (Å²) in [5.41, 5.74) is 3.89. The van der Waals surface area contributed by atoms with Crippen molar-refractivity contribution >= 4 is 22.7 Å². The van der Waals surface area contributed by atoms with Crippen LogP contribution in [0.2, 0.25) is 0 Å². The van der Waals surface area contributed by atoms with Crippen LogP contribution in [-0.2, 0) is 9.59 Å². The molecule has 0 saturated heterocycles. The molecule has 5 heteroatoms. The second-order valence-electron chi connectivity index (χ2n) is 8.17. The van der Waals surface area contributed by atoms with Crippen molar-refractivity contribution in [2.24, 2.45) is 0 Å². The van der Waals surface area contributed by atoms with Crippen LogP contribution in [0.5, 0.6) is 11.5 Å². The van der Waals surface area contributed by atoms with Gasteiger partial charge in [0.1, 0.15) is 23.0 Å². The van der Waals surface area contributed by atoms with Gasteiger partial charge in [-0.3, -0.25) is 0 Å². The van der Waals surface area contributed by atoms with Crippen molar-refractivity contribution in [1.29, 1.82) is 0 Å². The van der Waals surface area contributed by atoms with Crippen LogP contribution in [0, 0.1) is 0 Å². The minimum absolute atomic E-state index is 0.439. The monoisotopic (exact) mass is 486 g/mol. The van der Waals surface area contributed by atoms with Gasteiger partial charge < -0.3 is 13.9 Å². The van der Waals surface area contributed by atoms with Crippen LogP contribution in [-0.4, -0.2) is 11.9 Å². The van der Waals surface area contributed by atoms with Crippen molar-refractivity contribution in [3.05, 3.63) is 122 Å². The van der Waals surface area contributed by atoms with Gasteiger partial charge in [0.15, 0.2) is 0 Å². The lowest BCUT2D eigenvalue weighted by molar-refractivity contribution is -0.129. The van der Waals surface area contributed by atoms with Gasteiger partial charge in [-0.15, -0.1) is 0 Å². The molecule has 4 aromatic carbocycles. The van der Waals surface area contributed by atoms with Crippen LogP contribution in [0.25, 0.3) is 44.5 Å². The molecule has 0 unspecified atom stereocenters. The van der Waals surface area contributed by atoms with Crippen molar-refractivity contribution in [3.8, 4) is 45.3 Å². The van der Waals surface area contributed by atoms with E-state index in [9.17, 15) is 9.59 Å². The molecule has 0 N–H and O–H groups in total. The molecule has 0 bridgehead atoms. The molecule has 5 nitrogen and oxygen atoms in total. The van der Waals surface area contributed by atoms with Gasteiger partial charge in [0.2, 0.25) is 0 Å². The van der Waals surface area contributed by atoms with Gasteiger partial charge in [0, 0.05) is 23.3 Å². The van der Waals surface area contributed by atoms with Crippen LogP contribution < -0.4 is 9.47 Å². The van der Waals surface area contributed by atoms with Crippen molar-refractivity contribution in [3.63, 3.8) is 0 Å². The van der Waals surface area contributed by atoms with E-state index in [0.29, 0.717) is 17.3 Å². The number of benzene rings is 4. The fraction of sp³-hybridized carbons (Fsp3) is 0. The Balaban J connectivity index is 1.46. The van der Waals surface area contributed by atoms with E-state index >= 15 is 0 Å². The summed E-state index contributed by atoms with van der Waals surface area (Å²) < 4.78 is 16.6. The fourth-order valence-corrected chi connectivity index (χ4v) is 4.12. The van der Waals surface area contributed by atoms with Gasteiger partial charge in [0.25, 0.3) is 0 Å². The Morgan fingerprint density at radius 3 is 1.62 bits per heavy atom. The van der Waals surface area contributed by atoms with Gasteiger partial charge >= 0.3 is 11.9 Å². The average molecular weight is 487 g/mol. The molecule has 0 aliphatic carbocycles. The fourth-order valence-electron chi connectivity index (χ4n) is 4.12. The number of fused-ring (bicyclic) bond motifs is 1. The second-order valence-corrected chi connectivity index (χ2v) is 8.17. The van der Waals surface area contributed by atoms with Crippen molar-refractivity contribution in [1.82, 2.24) is 0 Å². The van der Waals surface area contributed by atoms with Crippen LogP contribution in [0.1, 0.15) is 0 Å². The summed E-state index contributed by atoms with van der Waals surface area (Å²) in [7, 11) is 0. The zero-order valence-corrected chi connectivity index (χ0v) is 19.8. The highest BCUT2D eigenvalue weighted by Crippen LogP contribution is 2.37. The molecule has 1 aromatic heterocycles. The number of rotatable bonds is 7. The van der Waals surface area contributed by atoms with E-state index in [4.69, 9.17) is 13.9 Å². The molecule has 0 saturated carbocycles. The van der Waals surface area contributed by atoms with Crippen molar-refractivity contribution < 1.29 is 23.5 Å². The summed E-state index contributed by atoms with van der Waals surface area (Å²) in [6.45, 7) is 6.83. The van der Waals surface area contributed by atoms with E-state index in [0.717, 1.165) is 50.9 Å². The van der Waals surface area contributed by atoms with Gasteiger partial charge in [0.05, 0.1) is 0 Å². The summed E-state index contributed by atoms with van der Waals surface area (Å²) in [6.07, 6.45) is 2.26. The normalized spacial score (nSPS) is 10.6. The first-order valence-corrected chi connectivity index (χ1v) is 11.6. The maximum absolute atomic E-state index is 11.5. The first-order chi connectivity index (χ1) is 18.1. The van der Waals surface area contributed by atoms with E-state index in [2.05, 4.69) is 31.4 Å². The molecule has 5 rings (SSSR count). The summed E-state index contributed by atoms with van der Waals surface area (Å²) in [5.74, 6) is 1.35. The number of ether oxygens (including phenoxy) is 2. The standard InChI is InChI=1S/C32H22O5/c1-3-31(33)35-23-15-11-21(12-16-23)25-7-5-9-27-26(25)8-6-10-28(27)30-20-19-29(37-30)22-13-17-24(18-14-22)36-32(34)4-2/h3-20H,1-2H2. The lowest BCUT2D eigenvalue weighted by Crippen LogP contribution is -2.02. The topological polar surface area (TPSA) is 65.7 Å². The van der Waals surface area contributed by atoms with Crippen LogP contribution in [0.3, 0.4) is 0 Å². The molecule has 0 amide bonds. The molecule has 0 radical (unpaired) electrons. The van der Waals surface area contributed by atoms with Crippen LogP contribution in [0.4, 0.5) is 0 Å². The Hall–Kier alpha value is -5.16. The maximum Gasteiger partial charge on any atom is 0.335 e. The average Bonchev–Trinajstić information content (AvgIpc) is 3.43. The SMILES string of the molecule is C=CC(=O)Oc1ccc(-c2ccc(-c3cccc4c(-c5ccc(OC(=O)C=C)cc5)cccc34)o2)cc1. The largest absolute Gasteiger partial charge is 0.456 e. The summed E-state index contributed by atoms with van der Waals surface area (Å²) in [5, 5.41) is 2.12. The highest BCUT2D eigenvalue weighted by molar-refractivity contribution is 6.04. The number of carbonyl (C=O) groups is 2. The third kappa shape index (κ3) is 4.97. The Morgan fingerprint density at radius 1 is 0.568 bits per heavy atom. The zero-order chi connectivity index (χ0) is 25.8. The maximum atomic E-state index is 11.5. The molecule has 5 aromatic rings. The van der Waals surface area contributed by atoms with E-state index < -0.39 is 11.9 Å². The molecule has 0 aliphatic rings. The van der Waals surface area contributed by atoms with Crippen LogP contribution >= 0.6 is 0 Å².